The molecule has 1 saturated heterocycles. The summed E-state index contributed by atoms with van der Waals surface area (Å²) in [6, 6.07) is 0.697. The third-order valence-electron chi connectivity index (χ3n) is 2.65. The largest absolute Gasteiger partial charge is 0.383 e. The molecule has 0 amide bonds. The van der Waals surface area contributed by atoms with Crippen molar-refractivity contribution < 1.29 is 4.74 Å². The molecule has 13 heavy (non-hydrogen) atoms. The number of hydrogen-bond acceptors (Lipinski definition) is 3. The molecule has 0 aliphatic carbocycles. The first-order valence-electron chi connectivity index (χ1n) is 5.26. The second kappa shape index (κ2) is 6.35. The Morgan fingerprint density at radius 2 is 2.38 bits per heavy atom. The number of piperidine rings is 1. The predicted octanol–water partition coefficient (Wildman–Crippen LogP) is 0.610. The monoisotopic (exact) mass is 186 g/mol. The number of hydrogen-bond donors (Lipinski definition) is 2. The molecule has 1 aliphatic heterocycles. The summed E-state index contributed by atoms with van der Waals surface area (Å²) in [5.74, 6) is 0.855. The lowest BCUT2D eigenvalue weighted by Crippen LogP contribution is -2.39. The van der Waals surface area contributed by atoms with Gasteiger partial charge in [0, 0.05) is 19.7 Å². The van der Waals surface area contributed by atoms with Crippen molar-refractivity contribution in [3.8, 4) is 0 Å². The van der Waals surface area contributed by atoms with Crippen molar-refractivity contribution in [3.63, 3.8) is 0 Å². The standard InChI is InChI=1S/C10H22N2O/c1-9-7-10(3-4-12-9)8-11-5-6-13-2/h9-12H,3-8H2,1-2H3. The van der Waals surface area contributed by atoms with Crippen molar-refractivity contribution in [3.05, 3.63) is 0 Å². The molecule has 2 unspecified atom stereocenters. The van der Waals surface area contributed by atoms with Gasteiger partial charge >= 0.3 is 0 Å². The quantitative estimate of drug-likeness (QED) is 0.617. The van der Waals surface area contributed by atoms with E-state index in [0.29, 0.717) is 6.04 Å². The zero-order valence-corrected chi connectivity index (χ0v) is 8.81. The lowest BCUT2D eigenvalue weighted by molar-refractivity contribution is 0.195. The van der Waals surface area contributed by atoms with E-state index in [1.54, 1.807) is 7.11 Å². The minimum absolute atomic E-state index is 0.697. The molecule has 78 valence electrons. The normalized spacial score (nSPS) is 29.1. The molecule has 3 heteroatoms. The Morgan fingerprint density at radius 1 is 1.54 bits per heavy atom. The molecule has 0 spiro atoms. The topological polar surface area (TPSA) is 33.3 Å². The van der Waals surface area contributed by atoms with Crippen LogP contribution in [-0.2, 0) is 4.74 Å². The summed E-state index contributed by atoms with van der Waals surface area (Å²) in [5, 5.41) is 6.88. The maximum absolute atomic E-state index is 4.98. The van der Waals surface area contributed by atoms with Crippen LogP contribution in [0.25, 0.3) is 0 Å². The van der Waals surface area contributed by atoms with E-state index in [1.165, 1.54) is 19.4 Å². The van der Waals surface area contributed by atoms with Crippen LogP contribution in [0.4, 0.5) is 0 Å². The highest BCUT2D eigenvalue weighted by atomic mass is 16.5. The van der Waals surface area contributed by atoms with Crippen molar-refractivity contribution in [1.29, 1.82) is 0 Å². The molecule has 1 aliphatic rings. The Bertz CT molecular complexity index is 130. The maximum atomic E-state index is 4.98. The lowest BCUT2D eigenvalue weighted by Gasteiger charge is -2.28. The Labute approximate surface area is 81.2 Å². The third kappa shape index (κ3) is 4.60. The molecule has 0 aromatic rings. The second-order valence-corrected chi connectivity index (χ2v) is 3.94. The highest BCUT2D eigenvalue weighted by molar-refractivity contribution is 4.76. The van der Waals surface area contributed by atoms with Crippen LogP contribution in [0.3, 0.4) is 0 Å². The van der Waals surface area contributed by atoms with Gasteiger partial charge in [-0.15, -0.1) is 0 Å². The fourth-order valence-corrected chi connectivity index (χ4v) is 1.90. The molecule has 0 saturated carbocycles. The highest BCUT2D eigenvalue weighted by Crippen LogP contribution is 2.14. The number of rotatable bonds is 5. The smallest absolute Gasteiger partial charge is 0.0587 e. The van der Waals surface area contributed by atoms with Crippen molar-refractivity contribution in [2.75, 3.05) is 33.4 Å². The molecule has 1 rings (SSSR count). The number of methoxy groups -OCH3 is 1. The summed E-state index contributed by atoms with van der Waals surface area (Å²) in [6.45, 7) is 6.39. The van der Waals surface area contributed by atoms with Crippen molar-refractivity contribution >= 4 is 0 Å². The van der Waals surface area contributed by atoms with Crippen LogP contribution in [0.15, 0.2) is 0 Å². The molecule has 3 nitrogen and oxygen atoms in total. The molecule has 0 aromatic heterocycles. The van der Waals surface area contributed by atoms with Crippen molar-refractivity contribution in [2.24, 2.45) is 5.92 Å². The highest BCUT2D eigenvalue weighted by Gasteiger charge is 2.17. The molecule has 2 N–H and O–H groups in total. The van der Waals surface area contributed by atoms with Crippen LogP contribution in [0.1, 0.15) is 19.8 Å². The van der Waals surface area contributed by atoms with Gasteiger partial charge in [-0.2, -0.15) is 0 Å². The summed E-state index contributed by atoms with van der Waals surface area (Å²) < 4.78 is 4.98. The van der Waals surface area contributed by atoms with Gasteiger partial charge in [0.25, 0.3) is 0 Å². The fourth-order valence-electron chi connectivity index (χ4n) is 1.90. The van der Waals surface area contributed by atoms with Crippen LogP contribution in [0.5, 0.6) is 0 Å². The van der Waals surface area contributed by atoms with Gasteiger partial charge in [0.05, 0.1) is 6.61 Å². The van der Waals surface area contributed by atoms with Gasteiger partial charge in [0.15, 0.2) is 0 Å². The summed E-state index contributed by atoms with van der Waals surface area (Å²) in [7, 11) is 1.74. The van der Waals surface area contributed by atoms with Gasteiger partial charge in [0.1, 0.15) is 0 Å². The first-order valence-corrected chi connectivity index (χ1v) is 5.26. The first-order chi connectivity index (χ1) is 6.33. The van der Waals surface area contributed by atoms with E-state index in [0.717, 1.165) is 25.6 Å². The molecule has 0 radical (unpaired) electrons. The molecule has 1 fully saturated rings. The van der Waals surface area contributed by atoms with Gasteiger partial charge in [-0.25, -0.2) is 0 Å². The summed E-state index contributed by atoms with van der Waals surface area (Å²) in [5.41, 5.74) is 0. The lowest BCUT2D eigenvalue weighted by atomic mass is 9.93. The van der Waals surface area contributed by atoms with E-state index in [-0.39, 0.29) is 0 Å². The SMILES string of the molecule is COCCNCC1CCNC(C)C1. The van der Waals surface area contributed by atoms with Gasteiger partial charge in [0.2, 0.25) is 0 Å². The minimum atomic E-state index is 0.697. The van der Waals surface area contributed by atoms with Crippen molar-refractivity contribution in [1.82, 2.24) is 10.6 Å². The Kier molecular flexibility index (Phi) is 5.35. The Hall–Kier alpha value is -0.120. The first kappa shape index (κ1) is 11.0. The summed E-state index contributed by atoms with van der Waals surface area (Å²) in [4.78, 5) is 0. The van der Waals surface area contributed by atoms with Gasteiger partial charge in [-0.1, -0.05) is 0 Å². The molecule has 1 heterocycles. The van der Waals surface area contributed by atoms with Gasteiger partial charge < -0.3 is 15.4 Å². The molecular weight excluding hydrogens is 164 g/mol. The fraction of sp³-hybridized carbons (Fsp3) is 1.00. The zero-order chi connectivity index (χ0) is 9.52. The Balaban J connectivity index is 2.00. The van der Waals surface area contributed by atoms with E-state index in [9.17, 15) is 0 Å². The van der Waals surface area contributed by atoms with Gasteiger partial charge in [-0.05, 0) is 38.8 Å². The number of nitrogens with one attached hydrogen (secondary N) is 2. The number of ether oxygens (including phenoxy) is 1. The van der Waals surface area contributed by atoms with E-state index in [1.807, 2.05) is 0 Å². The van der Waals surface area contributed by atoms with Crippen LogP contribution < -0.4 is 10.6 Å². The van der Waals surface area contributed by atoms with Crippen LogP contribution >= 0.6 is 0 Å². The van der Waals surface area contributed by atoms with Crippen LogP contribution in [-0.4, -0.2) is 39.4 Å². The maximum Gasteiger partial charge on any atom is 0.0587 e. The molecule has 0 aromatic carbocycles. The molecular formula is C10H22N2O. The van der Waals surface area contributed by atoms with E-state index in [4.69, 9.17) is 4.74 Å². The average Bonchev–Trinajstić information content (AvgIpc) is 2.13. The van der Waals surface area contributed by atoms with E-state index in [2.05, 4.69) is 17.6 Å². The van der Waals surface area contributed by atoms with Crippen LogP contribution in [0, 0.1) is 5.92 Å². The Morgan fingerprint density at radius 3 is 3.08 bits per heavy atom. The minimum Gasteiger partial charge on any atom is -0.383 e. The van der Waals surface area contributed by atoms with Gasteiger partial charge in [-0.3, -0.25) is 0 Å². The third-order valence-corrected chi connectivity index (χ3v) is 2.65. The van der Waals surface area contributed by atoms with Crippen molar-refractivity contribution in [2.45, 2.75) is 25.8 Å². The predicted molar refractivity (Wildman–Crippen MR) is 54.9 cm³/mol. The van der Waals surface area contributed by atoms with E-state index < -0.39 is 0 Å². The average molecular weight is 186 g/mol. The molecule has 0 bridgehead atoms. The zero-order valence-electron chi connectivity index (χ0n) is 8.81. The second-order valence-electron chi connectivity index (χ2n) is 3.94. The van der Waals surface area contributed by atoms with Crippen LogP contribution in [0.2, 0.25) is 0 Å². The summed E-state index contributed by atoms with van der Waals surface area (Å²) >= 11 is 0. The molecule has 2 atom stereocenters. The summed E-state index contributed by atoms with van der Waals surface area (Å²) in [6.07, 6.45) is 2.62. The van der Waals surface area contributed by atoms with E-state index >= 15 is 0 Å².